The predicted octanol–water partition coefficient (Wildman–Crippen LogP) is 8.21. The lowest BCUT2D eigenvalue weighted by molar-refractivity contribution is -0.0353. The van der Waals surface area contributed by atoms with Gasteiger partial charge in [0.2, 0.25) is 0 Å². The Kier molecular flexibility index (Phi) is 11.0. The standard InChI is InChI=1S/C38H63N7O4Si3/c1-36(2,3)52(12,13)48-24-30-28(19-37(4,5)50(8,9)46)29(20-38(6,7)51(10,11)47)35(49-30)45-25-40-31-32(39)42-33(43-34(31)45)27-21-41-44(23-27)22-26-17-15-14-16-18-26/h14-18,21,23,25,28-30,35,46-47H,19-20,22,24H2,1-13H3,(H2,39,42,43)/t28-,29+,30?,35?/m0/s1. The van der Waals surface area contributed by atoms with Crippen molar-refractivity contribution < 1.29 is 18.8 Å². The summed E-state index contributed by atoms with van der Waals surface area (Å²) in [6.07, 6.45) is 6.25. The average Bonchev–Trinajstić information content (AvgIpc) is 3.73. The Morgan fingerprint density at radius 2 is 1.46 bits per heavy atom. The molecule has 0 saturated carbocycles. The highest BCUT2D eigenvalue weighted by Crippen LogP contribution is 2.56. The largest absolute Gasteiger partial charge is 0.432 e. The van der Waals surface area contributed by atoms with E-state index in [4.69, 9.17) is 24.9 Å². The Labute approximate surface area is 313 Å². The van der Waals surface area contributed by atoms with Gasteiger partial charge in [-0.15, -0.1) is 0 Å². The highest BCUT2D eigenvalue weighted by Gasteiger charge is 2.54. The van der Waals surface area contributed by atoms with E-state index in [0.29, 0.717) is 30.1 Å². The second-order valence-corrected chi connectivity index (χ2v) is 32.7. The molecule has 286 valence electrons. The van der Waals surface area contributed by atoms with Gasteiger partial charge in [0.1, 0.15) is 11.7 Å². The Hall–Kier alpha value is -2.73. The third-order valence-electron chi connectivity index (χ3n) is 12.7. The second kappa shape index (κ2) is 14.2. The second-order valence-electron chi connectivity index (χ2n) is 18.9. The van der Waals surface area contributed by atoms with Crippen LogP contribution in [0.25, 0.3) is 22.6 Å². The molecule has 1 saturated heterocycles. The normalized spacial score (nSPS) is 21.0. The lowest BCUT2D eigenvalue weighted by atomic mass is 9.78. The van der Waals surface area contributed by atoms with E-state index in [2.05, 4.69) is 83.8 Å². The number of imidazole rings is 1. The Bertz CT molecular complexity index is 1840. The van der Waals surface area contributed by atoms with Crippen LogP contribution in [-0.2, 0) is 15.7 Å². The van der Waals surface area contributed by atoms with Crippen molar-refractivity contribution in [1.82, 2.24) is 29.3 Å². The molecule has 1 aliphatic heterocycles. The van der Waals surface area contributed by atoms with Crippen molar-refractivity contribution in [1.29, 1.82) is 0 Å². The molecule has 14 heteroatoms. The van der Waals surface area contributed by atoms with Crippen molar-refractivity contribution in [2.75, 3.05) is 12.3 Å². The number of hydrogen-bond acceptors (Lipinski definition) is 9. The third kappa shape index (κ3) is 8.32. The molecule has 5 rings (SSSR count). The summed E-state index contributed by atoms with van der Waals surface area (Å²) in [6.45, 7) is 29.2. The van der Waals surface area contributed by atoms with Crippen LogP contribution >= 0.6 is 0 Å². The molecule has 0 amide bonds. The van der Waals surface area contributed by atoms with Crippen LogP contribution in [0.3, 0.4) is 0 Å². The molecule has 1 aromatic carbocycles. The molecule has 0 radical (unpaired) electrons. The molecule has 4 heterocycles. The molecule has 0 bridgehead atoms. The molecule has 52 heavy (non-hydrogen) atoms. The number of ether oxygens (including phenoxy) is 1. The van der Waals surface area contributed by atoms with Gasteiger partial charge in [-0.3, -0.25) is 9.25 Å². The summed E-state index contributed by atoms with van der Waals surface area (Å²) in [6, 6.07) is 10.2. The molecule has 3 aromatic heterocycles. The maximum atomic E-state index is 11.6. The van der Waals surface area contributed by atoms with Gasteiger partial charge in [0.05, 0.1) is 37.3 Å². The first-order valence-electron chi connectivity index (χ1n) is 18.6. The zero-order valence-corrected chi connectivity index (χ0v) is 36.7. The van der Waals surface area contributed by atoms with Gasteiger partial charge >= 0.3 is 0 Å². The van der Waals surface area contributed by atoms with E-state index >= 15 is 0 Å². The molecular weight excluding hydrogens is 703 g/mol. The summed E-state index contributed by atoms with van der Waals surface area (Å²) in [7, 11) is -7.35. The highest BCUT2D eigenvalue weighted by molar-refractivity contribution is 6.74. The van der Waals surface area contributed by atoms with Gasteiger partial charge in [-0.05, 0) is 78.7 Å². The Balaban J connectivity index is 1.60. The van der Waals surface area contributed by atoms with Gasteiger partial charge in [-0.1, -0.05) is 78.8 Å². The Morgan fingerprint density at radius 3 is 2.04 bits per heavy atom. The van der Waals surface area contributed by atoms with E-state index < -0.39 is 31.2 Å². The summed E-state index contributed by atoms with van der Waals surface area (Å²) < 4.78 is 18.0. The molecule has 4 aromatic rings. The number of anilines is 1. The molecule has 4 N–H and O–H groups in total. The first-order chi connectivity index (χ1) is 23.8. The maximum absolute atomic E-state index is 11.6. The number of nitrogens with two attached hydrogens (primary N) is 1. The number of rotatable bonds is 13. The fourth-order valence-corrected chi connectivity index (χ4v) is 9.10. The fourth-order valence-electron chi connectivity index (χ4n) is 6.61. The SMILES string of the molecule is CC(C)(C[C@@H]1C(CO[Si](C)(C)C(C)(C)C)OC(n2cnc3c(N)nc(-c4cnn(Cc5ccccc5)c4)nc32)[C@@H]1CC(C)(C)[Si](C)(C)O)[Si](C)(C)O. The Morgan fingerprint density at radius 1 is 0.865 bits per heavy atom. The summed E-state index contributed by atoms with van der Waals surface area (Å²) in [4.78, 5) is 37.6. The van der Waals surface area contributed by atoms with Crippen molar-refractivity contribution >= 4 is 41.9 Å². The minimum atomic E-state index is -2.63. The molecule has 1 fully saturated rings. The van der Waals surface area contributed by atoms with E-state index in [1.807, 2.05) is 59.8 Å². The maximum Gasteiger partial charge on any atom is 0.192 e. The number of aromatic nitrogens is 6. The average molecular weight is 766 g/mol. The number of fused-ring (bicyclic) bond motifs is 1. The molecule has 0 spiro atoms. The molecule has 0 aliphatic carbocycles. The van der Waals surface area contributed by atoms with Gasteiger partial charge in [-0.25, -0.2) is 15.0 Å². The topological polar surface area (TPSA) is 146 Å². The van der Waals surface area contributed by atoms with Crippen LogP contribution in [0.15, 0.2) is 49.1 Å². The van der Waals surface area contributed by atoms with Gasteiger partial charge in [-0.2, -0.15) is 5.10 Å². The van der Waals surface area contributed by atoms with Crippen LogP contribution in [0.2, 0.25) is 54.4 Å². The van der Waals surface area contributed by atoms with Crippen LogP contribution < -0.4 is 5.73 Å². The molecule has 11 nitrogen and oxygen atoms in total. The van der Waals surface area contributed by atoms with Crippen LogP contribution in [0, 0.1) is 11.8 Å². The highest BCUT2D eigenvalue weighted by atomic mass is 28.4. The molecular formula is C38H63N7O4Si3. The lowest BCUT2D eigenvalue weighted by Gasteiger charge is -2.43. The zero-order valence-electron chi connectivity index (χ0n) is 33.7. The van der Waals surface area contributed by atoms with Crippen molar-refractivity contribution in [3.63, 3.8) is 0 Å². The van der Waals surface area contributed by atoms with Crippen molar-refractivity contribution in [2.24, 2.45) is 11.8 Å². The van der Waals surface area contributed by atoms with Gasteiger partial charge < -0.3 is 24.5 Å². The fraction of sp³-hybridized carbons (Fsp3) is 0.632. The number of hydrogen-bond donors (Lipinski definition) is 3. The quantitative estimate of drug-likeness (QED) is 0.115. The van der Waals surface area contributed by atoms with E-state index in [1.165, 1.54) is 0 Å². The van der Waals surface area contributed by atoms with Gasteiger partial charge in [0, 0.05) is 12.1 Å². The third-order valence-corrected chi connectivity index (χ3v) is 24.3. The number of nitrogen functional groups attached to an aromatic ring is 1. The van der Waals surface area contributed by atoms with Crippen LogP contribution in [0.4, 0.5) is 5.82 Å². The van der Waals surface area contributed by atoms with Crippen LogP contribution in [0.5, 0.6) is 0 Å². The van der Waals surface area contributed by atoms with E-state index in [0.717, 1.165) is 24.0 Å². The van der Waals surface area contributed by atoms with Crippen LogP contribution in [0.1, 0.15) is 73.1 Å². The van der Waals surface area contributed by atoms with Crippen LogP contribution in [-0.4, -0.2) is 76.6 Å². The minimum Gasteiger partial charge on any atom is -0.432 e. The lowest BCUT2D eigenvalue weighted by Crippen LogP contribution is -2.46. The van der Waals surface area contributed by atoms with E-state index in [1.54, 1.807) is 12.5 Å². The first kappa shape index (κ1) is 40.5. The van der Waals surface area contributed by atoms with E-state index in [-0.39, 0.29) is 38.9 Å². The number of nitrogens with zero attached hydrogens (tertiary/aromatic N) is 6. The van der Waals surface area contributed by atoms with Gasteiger partial charge in [0.15, 0.2) is 42.2 Å². The first-order valence-corrected chi connectivity index (χ1v) is 27.4. The molecule has 1 aliphatic rings. The minimum absolute atomic E-state index is 0.0339. The molecule has 4 atom stereocenters. The monoisotopic (exact) mass is 765 g/mol. The summed E-state index contributed by atoms with van der Waals surface area (Å²) in [5.74, 6) is 0.750. The van der Waals surface area contributed by atoms with Crippen molar-refractivity contribution in [3.8, 4) is 11.4 Å². The van der Waals surface area contributed by atoms with Gasteiger partial charge in [0.25, 0.3) is 0 Å². The summed E-state index contributed by atoms with van der Waals surface area (Å²) >= 11 is 0. The summed E-state index contributed by atoms with van der Waals surface area (Å²) in [5, 5.41) is 3.98. The smallest absolute Gasteiger partial charge is 0.192 e. The van der Waals surface area contributed by atoms with Crippen molar-refractivity contribution in [3.05, 3.63) is 54.6 Å². The van der Waals surface area contributed by atoms with Crippen molar-refractivity contribution in [2.45, 2.75) is 135 Å². The number of benzene rings is 1. The zero-order chi connectivity index (χ0) is 38.7. The molecule has 2 unspecified atom stereocenters. The summed E-state index contributed by atoms with van der Waals surface area (Å²) in [5.41, 5.74) is 9.59. The van der Waals surface area contributed by atoms with E-state index in [9.17, 15) is 9.59 Å². The predicted molar refractivity (Wildman–Crippen MR) is 217 cm³/mol.